The summed E-state index contributed by atoms with van der Waals surface area (Å²) >= 11 is 0. The summed E-state index contributed by atoms with van der Waals surface area (Å²) in [6.45, 7) is 12.0. The molecule has 0 aromatic heterocycles. The van der Waals surface area contributed by atoms with Crippen molar-refractivity contribution in [2.24, 2.45) is 0 Å². The van der Waals surface area contributed by atoms with Crippen molar-refractivity contribution >= 4 is 16.5 Å². The van der Waals surface area contributed by atoms with Gasteiger partial charge in [-0.25, -0.2) is 0 Å². The fraction of sp³-hybridized carbons (Fsp3) is 1.00. The molecule has 0 unspecified atom stereocenters. The first kappa shape index (κ1) is 17.8. The van der Waals surface area contributed by atoms with Gasteiger partial charge in [0.25, 0.3) is 0 Å². The van der Waals surface area contributed by atoms with Crippen LogP contribution >= 0.6 is 0 Å². The SMILES string of the molecule is C[Si](C)(C)[NH-].C[Si](C)(C)[NH-].[Co+2]. The molecule has 11 heavy (non-hydrogen) atoms. The van der Waals surface area contributed by atoms with Crippen molar-refractivity contribution in [3.8, 4) is 0 Å². The number of hydrogen-bond acceptors (Lipinski definition) is 0. The Morgan fingerprint density at radius 3 is 0.636 bits per heavy atom. The molecule has 0 aliphatic carbocycles. The van der Waals surface area contributed by atoms with Crippen LogP contribution in [0.15, 0.2) is 0 Å². The summed E-state index contributed by atoms with van der Waals surface area (Å²) in [6, 6.07) is 0. The van der Waals surface area contributed by atoms with Gasteiger partial charge in [-0.05, 0) is 0 Å². The van der Waals surface area contributed by atoms with Crippen LogP contribution in [0.1, 0.15) is 0 Å². The molecule has 0 spiro atoms. The van der Waals surface area contributed by atoms with E-state index < -0.39 is 16.5 Å². The molecule has 0 atom stereocenters. The van der Waals surface area contributed by atoms with Crippen molar-refractivity contribution in [1.29, 1.82) is 0 Å². The molecule has 2 N–H and O–H groups in total. The number of nitrogens with one attached hydrogen (secondary N) is 2. The molecule has 1 radical (unpaired) electrons. The maximum Gasteiger partial charge on any atom is 2.00 e. The standard InChI is InChI=1S/2C3H10NSi.Co/c2*1-5(2,3)4;/h2*4H,1-3H3;/q2*-1;+2. The van der Waals surface area contributed by atoms with Gasteiger partial charge in [0.2, 0.25) is 0 Å². The average Bonchev–Trinajstić information content (AvgIpc) is 1.12. The topological polar surface area (TPSA) is 47.6 Å². The van der Waals surface area contributed by atoms with Crippen LogP contribution in [0.5, 0.6) is 0 Å². The van der Waals surface area contributed by atoms with Gasteiger partial charge in [0.05, 0.1) is 0 Å². The third kappa shape index (κ3) is 1150. The molecule has 0 amide bonds. The van der Waals surface area contributed by atoms with Crippen molar-refractivity contribution in [1.82, 2.24) is 0 Å². The zero-order valence-electron chi connectivity index (χ0n) is 8.33. The zero-order chi connectivity index (χ0) is 9.00. The molecule has 0 bridgehead atoms. The molecular weight excluding hydrogens is 215 g/mol. The minimum atomic E-state index is -1.36. The normalized spacial score (nSPS) is 10.9. The van der Waals surface area contributed by atoms with E-state index in [1.807, 2.05) is 39.3 Å². The molecule has 0 aromatic rings. The summed E-state index contributed by atoms with van der Waals surface area (Å²) < 4.78 is 0. The van der Waals surface area contributed by atoms with Crippen LogP contribution in [0.2, 0.25) is 39.3 Å². The Bertz CT molecular complexity index is 61.6. The second-order valence-electron chi connectivity index (χ2n) is 4.50. The Labute approximate surface area is 83.5 Å². The first-order valence-corrected chi connectivity index (χ1v) is 10.5. The van der Waals surface area contributed by atoms with Gasteiger partial charge in [0.1, 0.15) is 0 Å². The Hall–Kier alpha value is 0.860. The molecule has 2 nitrogen and oxygen atoms in total. The van der Waals surface area contributed by atoms with Gasteiger partial charge >= 0.3 is 16.8 Å². The summed E-state index contributed by atoms with van der Waals surface area (Å²) in [5.74, 6) is 0. The minimum Gasteiger partial charge on any atom is -0.680 e. The van der Waals surface area contributed by atoms with E-state index >= 15 is 0 Å². The van der Waals surface area contributed by atoms with Gasteiger partial charge in [-0.2, -0.15) is 0 Å². The van der Waals surface area contributed by atoms with Crippen molar-refractivity contribution in [2.45, 2.75) is 39.3 Å². The van der Waals surface area contributed by atoms with Gasteiger partial charge in [-0.1, -0.05) is 55.8 Å². The molecule has 0 aliphatic rings. The first-order valence-electron chi connectivity index (χ1n) is 3.50. The van der Waals surface area contributed by atoms with E-state index in [4.69, 9.17) is 10.8 Å². The molecule has 71 valence electrons. The fourth-order valence-electron chi connectivity index (χ4n) is 0. The summed E-state index contributed by atoms with van der Waals surface area (Å²) in [5, 5.41) is 14.2. The Balaban J connectivity index is -0.000000107. The molecule has 0 fully saturated rings. The van der Waals surface area contributed by atoms with E-state index in [0.717, 1.165) is 0 Å². The van der Waals surface area contributed by atoms with Gasteiger partial charge in [-0.15, -0.1) is 0 Å². The molecule has 0 rings (SSSR count). The van der Waals surface area contributed by atoms with Crippen LogP contribution < -0.4 is 0 Å². The van der Waals surface area contributed by atoms with E-state index in [1.54, 1.807) is 0 Å². The molecule has 0 aromatic carbocycles. The number of rotatable bonds is 0. The summed E-state index contributed by atoms with van der Waals surface area (Å²) in [4.78, 5) is 0. The van der Waals surface area contributed by atoms with Crippen LogP contribution in [-0.2, 0) is 16.8 Å². The van der Waals surface area contributed by atoms with Crippen LogP contribution in [0, 0.1) is 0 Å². The largest absolute Gasteiger partial charge is 2.00 e. The molecule has 5 heteroatoms. The predicted molar refractivity (Wildman–Crippen MR) is 55.3 cm³/mol. The Morgan fingerprint density at radius 2 is 0.636 bits per heavy atom. The molecule has 0 saturated heterocycles. The van der Waals surface area contributed by atoms with Crippen LogP contribution in [0.3, 0.4) is 0 Å². The van der Waals surface area contributed by atoms with E-state index in [-0.39, 0.29) is 16.8 Å². The van der Waals surface area contributed by atoms with Gasteiger partial charge in [-0.3, -0.25) is 0 Å². The summed E-state index contributed by atoms with van der Waals surface area (Å²) in [7, 11) is -2.72. The van der Waals surface area contributed by atoms with Gasteiger partial charge in [0.15, 0.2) is 0 Å². The maximum absolute atomic E-state index is 7.08. The molecular formula is C6H20CoN2Si2. The second kappa shape index (κ2) is 6.38. The maximum atomic E-state index is 7.08. The van der Waals surface area contributed by atoms with Crippen molar-refractivity contribution in [3.63, 3.8) is 0 Å². The van der Waals surface area contributed by atoms with Crippen LogP contribution in [0.4, 0.5) is 0 Å². The minimum absolute atomic E-state index is 0. The molecule has 0 heterocycles. The molecule has 0 aliphatic heterocycles. The van der Waals surface area contributed by atoms with Crippen molar-refractivity contribution in [3.05, 3.63) is 10.8 Å². The second-order valence-corrected chi connectivity index (χ2v) is 13.5. The van der Waals surface area contributed by atoms with Crippen molar-refractivity contribution in [2.75, 3.05) is 0 Å². The van der Waals surface area contributed by atoms with E-state index in [0.29, 0.717) is 0 Å². The zero-order valence-corrected chi connectivity index (χ0v) is 11.4. The van der Waals surface area contributed by atoms with Gasteiger partial charge in [0, 0.05) is 0 Å². The number of hydrogen-bond donors (Lipinski definition) is 0. The Kier molecular flexibility index (Phi) is 10.3. The van der Waals surface area contributed by atoms with Crippen molar-refractivity contribution < 1.29 is 16.8 Å². The third-order valence-corrected chi connectivity index (χ3v) is 0. The molecule has 0 saturated carbocycles. The van der Waals surface area contributed by atoms with E-state index in [9.17, 15) is 0 Å². The van der Waals surface area contributed by atoms with Crippen LogP contribution in [0.25, 0.3) is 10.8 Å². The van der Waals surface area contributed by atoms with Crippen LogP contribution in [-0.4, -0.2) is 16.5 Å². The monoisotopic (exact) mass is 235 g/mol. The smallest absolute Gasteiger partial charge is 0.680 e. The Morgan fingerprint density at radius 1 is 0.636 bits per heavy atom. The van der Waals surface area contributed by atoms with E-state index in [1.165, 1.54) is 0 Å². The first-order chi connectivity index (χ1) is 4.00. The quantitative estimate of drug-likeness (QED) is 0.574. The van der Waals surface area contributed by atoms with Gasteiger partial charge < -0.3 is 10.8 Å². The third-order valence-electron chi connectivity index (χ3n) is 0. The summed E-state index contributed by atoms with van der Waals surface area (Å²) in [6.07, 6.45) is 0. The fourth-order valence-corrected chi connectivity index (χ4v) is 0. The average molecular weight is 235 g/mol. The summed E-state index contributed by atoms with van der Waals surface area (Å²) in [5.41, 5.74) is 0. The predicted octanol–water partition coefficient (Wildman–Crippen LogP) is 3.74. The van der Waals surface area contributed by atoms with E-state index in [2.05, 4.69) is 0 Å².